The van der Waals surface area contributed by atoms with Gasteiger partial charge in [0.25, 0.3) is 0 Å². The van der Waals surface area contributed by atoms with E-state index in [1.165, 1.54) is 24.0 Å². The average molecular weight is 397 g/mol. The lowest BCUT2D eigenvalue weighted by atomic mass is 9.75. The maximum absolute atomic E-state index is 12.3. The number of imidazole rings is 1. The first kappa shape index (κ1) is 20.1. The molecule has 2 aliphatic rings. The SMILES string of the molecule is CC(C)[C@H]1CC[C@H](C)C[C@H]1OCC(=O)OCCC1c2ccccc2-c2cncn21. The first-order chi connectivity index (χ1) is 14.0. The molecule has 1 aromatic carbocycles. The number of carbonyl (C=O) groups is 1. The largest absolute Gasteiger partial charge is 0.464 e. The molecule has 0 saturated heterocycles. The smallest absolute Gasteiger partial charge is 0.332 e. The number of carbonyl (C=O) groups excluding carboxylic acids is 1. The second-order valence-corrected chi connectivity index (χ2v) is 8.97. The van der Waals surface area contributed by atoms with Crippen LogP contribution < -0.4 is 0 Å². The molecule has 0 bridgehead atoms. The minimum Gasteiger partial charge on any atom is -0.464 e. The lowest BCUT2D eigenvalue weighted by molar-refractivity contribution is -0.154. The molecule has 1 aliphatic heterocycles. The summed E-state index contributed by atoms with van der Waals surface area (Å²) in [5.74, 6) is 1.52. The summed E-state index contributed by atoms with van der Waals surface area (Å²) in [5, 5.41) is 0. The molecule has 29 heavy (non-hydrogen) atoms. The molecule has 0 N–H and O–H groups in total. The molecule has 1 saturated carbocycles. The van der Waals surface area contributed by atoms with Crippen LogP contribution in [0, 0.1) is 17.8 Å². The quantitative estimate of drug-likeness (QED) is 0.627. The fourth-order valence-corrected chi connectivity index (χ4v) is 5.03. The Morgan fingerprint density at radius 1 is 1.28 bits per heavy atom. The zero-order chi connectivity index (χ0) is 20.4. The van der Waals surface area contributed by atoms with E-state index in [0.717, 1.165) is 18.5 Å². The van der Waals surface area contributed by atoms with Crippen LogP contribution in [0.15, 0.2) is 36.8 Å². The third-order valence-corrected chi connectivity index (χ3v) is 6.63. The van der Waals surface area contributed by atoms with Crippen molar-refractivity contribution in [2.24, 2.45) is 17.8 Å². The van der Waals surface area contributed by atoms with Crippen molar-refractivity contribution in [1.82, 2.24) is 9.55 Å². The van der Waals surface area contributed by atoms with Crippen molar-refractivity contribution in [3.05, 3.63) is 42.4 Å². The van der Waals surface area contributed by atoms with Gasteiger partial charge in [-0.3, -0.25) is 0 Å². The monoisotopic (exact) mass is 396 g/mol. The number of hydrogen-bond acceptors (Lipinski definition) is 4. The van der Waals surface area contributed by atoms with Crippen LogP contribution in [0.1, 0.15) is 58.1 Å². The van der Waals surface area contributed by atoms with Crippen LogP contribution in [-0.2, 0) is 14.3 Å². The lowest BCUT2D eigenvalue weighted by Gasteiger charge is -2.36. The molecule has 0 spiro atoms. The van der Waals surface area contributed by atoms with Crippen molar-refractivity contribution < 1.29 is 14.3 Å². The zero-order valence-electron chi connectivity index (χ0n) is 17.7. The van der Waals surface area contributed by atoms with Gasteiger partial charge in [-0.2, -0.15) is 0 Å². The van der Waals surface area contributed by atoms with E-state index in [4.69, 9.17) is 9.47 Å². The van der Waals surface area contributed by atoms with Crippen LogP contribution in [-0.4, -0.2) is 34.8 Å². The first-order valence-electron chi connectivity index (χ1n) is 10.9. The second kappa shape index (κ2) is 8.70. The number of nitrogens with zero attached hydrogens (tertiary/aromatic N) is 2. The van der Waals surface area contributed by atoms with Gasteiger partial charge in [0, 0.05) is 12.0 Å². The molecule has 156 valence electrons. The second-order valence-electron chi connectivity index (χ2n) is 8.97. The molecule has 1 unspecified atom stereocenters. The molecule has 1 aliphatic carbocycles. The molecule has 0 amide bonds. The molecule has 1 aromatic heterocycles. The predicted octanol–water partition coefficient (Wildman–Crippen LogP) is 4.86. The molecule has 0 radical (unpaired) electrons. The van der Waals surface area contributed by atoms with Crippen molar-refractivity contribution in [3.63, 3.8) is 0 Å². The number of hydrogen-bond donors (Lipinski definition) is 0. The summed E-state index contributed by atoms with van der Waals surface area (Å²) < 4.78 is 13.7. The van der Waals surface area contributed by atoms with Crippen molar-refractivity contribution in [2.45, 2.75) is 58.6 Å². The van der Waals surface area contributed by atoms with Crippen LogP contribution in [0.4, 0.5) is 0 Å². The van der Waals surface area contributed by atoms with Crippen molar-refractivity contribution in [1.29, 1.82) is 0 Å². The van der Waals surface area contributed by atoms with Gasteiger partial charge in [0.05, 0.1) is 37.0 Å². The van der Waals surface area contributed by atoms with Crippen molar-refractivity contribution in [3.8, 4) is 11.3 Å². The highest BCUT2D eigenvalue weighted by molar-refractivity contribution is 5.71. The highest BCUT2D eigenvalue weighted by Crippen LogP contribution is 2.40. The molecule has 5 heteroatoms. The van der Waals surface area contributed by atoms with Gasteiger partial charge in [0.15, 0.2) is 0 Å². The summed E-state index contributed by atoms with van der Waals surface area (Å²) in [5.41, 5.74) is 3.62. The lowest BCUT2D eigenvalue weighted by Crippen LogP contribution is -2.35. The Morgan fingerprint density at radius 2 is 2.10 bits per heavy atom. The average Bonchev–Trinajstić information content (AvgIpc) is 3.28. The van der Waals surface area contributed by atoms with Gasteiger partial charge >= 0.3 is 5.97 Å². The molecule has 2 aromatic rings. The Balaban J connectivity index is 1.28. The minimum atomic E-state index is -0.261. The van der Waals surface area contributed by atoms with E-state index in [1.807, 2.05) is 18.6 Å². The highest BCUT2D eigenvalue weighted by Gasteiger charge is 2.32. The third kappa shape index (κ3) is 4.25. The molecular weight excluding hydrogens is 364 g/mol. The fourth-order valence-electron chi connectivity index (χ4n) is 5.03. The van der Waals surface area contributed by atoms with Gasteiger partial charge < -0.3 is 14.0 Å². The van der Waals surface area contributed by atoms with Gasteiger partial charge in [-0.25, -0.2) is 9.78 Å². The van der Waals surface area contributed by atoms with E-state index in [-0.39, 0.29) is 24.7 Å². The Morgan fingerprint density at radius 3 is 2.93 bits per heavy atom. The Bertz CT molecular complexity index is 844. The number of rotatable bonds is 7. The molecule has 5 nitrogen and oxygen atoms in total. The number of fused-ring (bicyclic) bond motifs is 3. The van der Waals surface area contributed by atoms with E-state index in [2.05, 4.69) is 48.5 Å². The van der Waals surface area contributed by atoms with Crippen molar-refractivity contribution >= 4 is 5.97 Å². The maximum atomic E-state index is 12.3. The third-order valence-electron chi connectivity index (χ3n) is 6.63. The summed E-state index contributed by atoms with van der Waals surface area (Å²) in [4.78, 5) is 16.6. The minimum absolute atomic E-state index is 0.0538. The fraction of sp³-hybridized carbons (Fsp3) is 0.583. The maximum Gasteiger partial charge on any atom is 0.332 e. The Labute approximate surface area is 173 Å². The van der Waals surface area contributed by atoms with Crippen LogP contribution in [0.25, 0.3) is 11.3 Å². The van der Waals surface area contributed by atoms with E-state index < -0.39 is 0 Å². The summed E-state index contributed by atoms with van der Waals surface area (Å²) in [6.07, 6.45) is 8.15. The first-order valence-corrected chi connectivity index (χ1v) is 10.9. The Kier molecular flexibility index (Phi) is 6.04. The van der Waals surface area contributed by atoms with E-state index in [9.17, 15) is 4.79 Å². The normalized spacial score (nSPS) is 25.7. The van der Waals surface area contributed by atoms with Gasteiger partial charge in [-0.15, -0.1) is 0 Å². The van der Waals surface area contributed by atoms with Crippen LogP contribution >= 0.6 is 0 Å². The summed E-state index contributed by atoms with van der Waals surface area (Å²) in [6, 6.07) is 8.55. The summed E-state index contributed by atoms with van der Waals surface area (Å²) >= 11 is 0. The number of esters is 1. The molecule has 2 heterocycles. The van der Waals surface area contributed by atoms with E-state index >= 15 is 0 Å². The number of benzene rings is 1. The molecule has 4 rings (SSSR count). The topological polar surface area (TPSA) is 53.4 Å². The molecule has 4 atom stereocenters. The highest BCUT2D eigenvalue weighted by atomic mass is 16.6. The van der Waals surface area contributed by atoms with E-state index in [1.54, 1.807) is 0 Å². The van der Waals surface area contributed by atoms with Crippen LogP contribution in [0.2, 0.25) is 0 Å². The van der Waals surface area contributed by atoms with Crippen molar-refractivity contribution in [2.75, 3.05) is 13.2 Å². The zero-order valence-corrected chi connectivity index (χ0v) is 17.7. The van der Waals surface area contributed by atoms with Crippen LogP contribution in [0.5, 0.6) is 0 Å². The standard InChI is InChI=1S/C24H32N2O3/c1-16(2)18-9-8-17(3)12-23(18)29-14-24(27)28-11-10-21-19-6-4-5-7-20(19)22-13-25-15-26(21)22/h4-7,13,15-18,21,23H,8-12,14H2,1-3H3/t17-,18+,21?,23+/m0/s1. The summed E-state index contributed by atoms with van der Waals surface area (Å²) in [6.45, 7) is 7.21. The summed E-state index contributed by atoms with van der Waals surface area (Å²) in [7, 11) is 0. The number of aromatic nitrogens is 2. The van der Waals surface area contributed by atoms with Gasteiger partial charge in [0.1, 0.15) is 6.61 Å². The predicted molar refractivity (Wildman–Crippen MR) is 112 cm³/mol. The van der Waals surface area contributed by atoms with Crippen LogP contribution in [0.3, 0.4) is 0 Å². The molecule has 1 fully saturated rings. The molecular formula is C24H32N2O3. The van der Waals surface area contributed by atoms with E-state index in [0.29, 0.717) is 24.4 Å². The Hall–Kier alpha value is -2.14. The number of ether oxygens (including phenoxy) is 2. The van der Waals surface area contributed by atoms with Gasteiger partial charge in [-0.1, -0.05) is 51.5 Å². The van der Waals surface area contributed by atoms with Gasteiger partial charge in [-0.05, 0) is 36.2 Å². The van der Waals surface area contributed by atoms with Gasteiger partial charge in [0.2, 0.25) is 0 Å².